The number of hydrogen-bond acceptors (Lipinski definition) is 6. The van der Waals surface area contributed by atoms with Crippen molar-refractivity contribution in [1.29, 1.82) is 0 Å². The van der Waals surface area contributed by atoms with Crippen LogP contribution in [0.25, 0.3) is 0 Å². The van der Waals surface area contributed by atoms with Crippen LogP contribution in [0.5, 0.6) is 0 Å². The fourth-order valence-corrected chi connectivity index (χ4v) is 3.65. The maximum absolute atomic E-state index is 12.9. The molecule has 8 heteroatoms. The Hall–Kier alpha value is -2.22. The summed E-state index contributed by atoms with van der Waals surface area (Å²) in [6.45, 7) is 5.36. The third-order valence-corrected chi connectivity index (χ3v) is 5.17. The highest BCUT2D eigenvalue weighted by atomic mass is 16.5. The molecule has 0 unspecified atom stereocenters. The highest BCUT2D eigenvalue weighted by Gasteiger charge is 2.40. The summed E-state index contributed by atoms with van der Waals surface area (Å²) in [6, 6.07) is 0. The van der Waals surface area contributed by atoms with Crippen molar-refractivity contribution in [1.82, 2.24) is 25.2 Å². The number of aromatic nitrogens is 4. The highest BCUT2D eigenvalue weighted by molar-refractivity contribution is 5.96. The molecule has 3 heterocycles. The minimum Gasteiger partial charge on any atom is -0.384 e. The Labute approximate surface area is 145 Å². The van der Waals surface area contributed by atoms with Crippen LogP contribution in [0.4, 0.5) is 0 Å². The molecule has 2 fully saturated rings. The van der Waals surface area contributed by atoms with Crippen molar-refractivity contribution in [3.05, 3.63) is 28.7 Å². The van der Waals surface area contributed by atoms with Crippen molar-refractivity contribution in [3.8, 4) is 0 Å². The van der Waals surface area contributed by atoms with Crippen LogP contribution >= 0.6 is 0 Å². The Morgan fingerprint density at radius 2 is 2.16 bits per heavy atom. The van der Waals surface area contributed by atoms with Crippen LogP contribution in [0.2, 0.25) is 0 Å². The van der Waals surface area contributed by atoms with Crippen LogP contribution in [-0.2, 0) is 4.74 Å². The largest absolute Gasteiger partial charge is 0.384 e. The fraction of sp³-hybridized carbons (Fsp3) is 0.647. The first-order valence-corrected chi connectivity index (χ1v) is 8.71. The van der Waals surface area contributed by atoms with E-state index in [1.165, 1.54) is 12.8 Å². The van der Waals surface area contributed by atoms with Gasteiger partial charge in [0.2, 0.25) is 0 Å². The van der Waals surface area contributed by atoms with Crippen LogP contribution in [0.3, 0.4) is 0 Å². The molecule has 0 radical (unpaired) electrons. The summed E-state index contributed by atoms with van der Waals surface area (Å²) >= 11 is 0. The minimum atomic E-state index is -0.0400. The number of methoxy groups -OCH3 is 1. The van der Waals surface area contributed by atoms with Crippen LogP contribution in [0.15, 0.2) is 4.52 Å². The summed E-state index contributed by atoms with van der Waals surface area (Å²) in [5, 5.41) is 11.3. The van der Waals surface area contributed by atoms with Gasteiger partial charge in [-0.1, -0.05) is 5.16 Å². The van der Waals surface area contributed by atoms with Gasteiger partial charge in [-0.3, -0.25) is 9.89 Å². The molecule has 4 rings (SSSR count). The van der Waals surface area contributed by atoms with Gasteiger partial charge in [0.05, 0.1) is 12.3 Å². The average Bonchev–Trinajstić information content (AvgIpc) is 3.02. The molecule has 1 saturated carbocycles. The van der Waals surface area contributed by atoms with Crippen molar-refractivity contribution in [2.45, 2.75) is 38.5 Å². The molecule has 1 aliphatic heterocycles. The van der Waals surface area contributed by atoms with E-state index in [2.05, 4.69) is 20.3 Å². The lowest BCUT2D eigenvalue weighted by atomic mass is 9.96. The van der Waals surface area contributed by atoms with E-state index in [9.17, 15) is 4.79 Å². The molecule has 1 amide bonds. The zero-order valence-corrected chi connectivity index (χ0v) is 14.8. The number of rotatable bonds is 5. The number of amides is 1. The lowest BCUT2D eigenvalue weighted by molar-refractivity contribution is 0.0773. The zero-order chi connectivity index (χ0) is 17.6. The highest BCUT2D eigenvalue weighted by Crippen LogP contribution is 2.39. The molecule has 134 valence electrons. The second-order valence-electron chi connectivity index (χ2n) is 7.08. The van der Waals surface area contributed by atoms with Crippen molar-refractivity contribution in [3.63, 3.8) is 0 Å². The van der Waals surface area contributed by atoms with E-state index >= 15 is 0 Å². The van der Waals surface area contributed by atoms with Gasteiger partial charge in [0, 0.05) is 38.0 Å². The standard InChI is InChI=1S/C17H23N5O3/c1-9-14(10(2)25-21-9)17(23)22-6-12(8-24-3)13(7-22)16-18-15(19-20-16)11-4-5-11/h11-13H,4-8H2,1-3H3,(H,18,19,20)/t12-,13+/m0/s1. The van der Waals surface area contributed by atoms with Gasteiger partial charge < -0.3 is 14.2 Å². The lowest BCUT2D eigenvalue weighted by Crippen LogP contribution is -2.30. The smallest absolute Gasteiger partial charge is 0.259 e. The van der Waals surface area contributed by atoms with Gasteiger partial charge in [-0.05, 0) is 26.7 Å². The van der Waals surface area contributed by atoms with E-state index in [0.717, 1.165) is 11.6 Å². The SMILES string of the molecule is COC[C@@H]1CN(C(=O)c2c(C)noc2C)C[C@H]1c1nc(C2CC2)n[nH]1. The summed E-state index contributed by atoms with van der Waals surface area (Å²) in [4.78, 5) is 19.5. The monoisotopic (exact) mass is 345 g/mol. The van der Waals surface area contributed by atoms with Gasteiger partial charge in [-0.2, -0.15) is 5.10 Å². The number of carbonyl (C=O) groups is 1. The molecule has 2 aliphatic rings. The number of ether oxygens (including phenoxy) is 1. The molecule has 2 aromatic heterocycles. The summed E-state index contributed by atoms with van der Waals surface area (Å²) in [7, 11) is 1.69. The Morgan fingerprint density at radius 1 is 1.36 bits per heavy atom. The van der Waals surface area contributed by atoms with E-state index < -0.39 is 0 Å². The van der Waals surface area contributed by atoms with E-state index in [1.807, 2.05) is 4.90 Å². The Morgan fingerprint density at radius 3 is 2.80 bits per heavy atom. The molecule has 25 heavy (non-hydrogen) atoms. The predicted molar refractivity (Wildman–Crippen MR) is 88.3 cm³/mol. The minimum absolute atomic E-state index is 0.0400. The molecule has 1 N–H and O–H groups in total. The van der Waals surface area contributed by atoms with Gasteiger partial charge in [0.25, 0.3) is 5.91 Å². The van der Waals surface area contributed by atoms with Crippen LogP contribution < -0.4 is 0 Å². The first kappa shape index (κ1) is 16.3. The second kappa shape index (κ2) is 6.25. The number of carbonyl (C=O) groups excluding carboxylic acids is 1. The quantitative estimate of drug-likeness (QED) is 0.887. The van der Waals surface area contributed by atoms with E-state index in [4.69, 9.17) is 9.26 Å². The number of aryl methyl sites for hydroxylation is 2. The van der Waals surface area contributed by atoms with Crippen LogP contribution in [-0.4, -0.2) is 58.0 Å². The van der Waals surface area contributed by atoms with Crippen LogP contribution in [0.1, 0.15) is 58.1 Å². The molecule has 0 aromatic carbocycles. The number of hydrogen-bond donors (Lipinski definition) is 1. The lowest BCUT2D eigenvalue weighted by Gasteiger charge is -2.15. The fourth-order valence-electron chi connectivity index (χ4n) is 3.65. The van der Waals surface area contributed by atoms with E-state index in [0.29, 0.717) is 42.6 Å². The maximum Gasteiger partial charge on any atom is 0.259 e. The van der Waals surface area contributed by atoms with E-state index in [-0.39, 0.29) is 17.7 Å². The third-order valence-electron chi connectivity index (χ3n) is 5.17. The van der Waals surface area contributed by atoms with Gasteiger partial charge >= 0.3 is 0 Å². The molecule has 0 bridgehead atoms. The Bertz CT molecular complexity index is 760. The van der Waals surface area contributed by atoms with Gasteiger partial charge in [-0.25, -0.2) is 4.98 Å². The molecule has 0 spiro atoms. The Kier molecular flexibility index (Phi) is 4.07. The maximum atomic E-state index is 12.9. The molecule has 1 saturated heterocycles. The van der Waals surface area contributed by atoms with E-state index in [1.54, 1.807) is 21.0 Å². The Balaban J connectivity index is 1.56. The van der Waals surface area contributed by atoms with Crippen molar-refractivity contribution in [2.24, 2.45) is 5.92 Å². The first-order valence-electron chi connectivity index (χ1n) is 8.71. The zero-order valence-electron chi connectivity index (χ0n) is 14.8. The number of nitrogens with one attached hydrogen (secondary N) is 1. The topological polar surface area (TPSA) is 97.1 Å². The average molecular weight is 345 g/mol. The summed E-state index contributed by atoms with van der Waals surface area (Å²) < 4.78 is 10.5. The number of H-pyrrole nitrogens is 1. The van der Waals surface area contributed by atoms with Crippen molar-refractivity contribution < 1.29 is 14.1 Å². The van der Waals surface area contributed by atoms with Gasteiger partial charge in [0.1, 0.15) is 17.1 Å². The number of aromatic amines is 1. The van der Waals surface area contributed by atoms with Gasteiger partial charge in [0.15, 0.2) is 5.82 Å². The molecule has 8 nitrogen and oxygen atoms in total. The third kappa shape index (κ3) is 2.95. The summed E-state index contributed by atoms with van der Waals surface area (Å²) in [5.74, 6) is 3.08. The van der Waals surface area contributed by atoms with Crippen molar-refractivity contribution in [2.75, 3.05) is 26.8 Å². The number of likely N-dealkylation sites (tertiary alicyclic amines) is 1. The predicted octanol–water partition coefficient (Wildman–Crippen LogP) is 1.79. The normalized spacial score (nSPS) is 23.4. The molecular formula is C17H23N5O3. The molecule has 1 aliphatic carbocycles. The summed E-state index contributed by atoms with van der Waals surface area (Å²) in [6.07, 6.45) is 2.33. The van der Waals surface area contributed by atoms with Crippen LogP contribution in [0, 0.1) is 19.8 Å². The van der Waals surface area contributed by atoms with Crippen molar-refractivity contribution >= 4 is 5.91 Å². The molecule has 2 aromatic rings. The second-order valence-corrected chi connectivity index (χ2v) is 7.08. The van der Waals surface area contributed by atoms with Gasteiger partial charge in [-0.15, -0.1) is 0 Å². The number of nitrogens with zero attached hydrogens (tertiary/aromatic N) is 4. The summed E-state index contributed by atoms with van der Waals surface area (Å²) in [5.41, 5.74) is 1.19. The molecule has 2 atom stereocenters. The molecular weight excluding hydrogens is 322 g/mol. The first-order chi connectivity index (χ1) is 12.1.